The summed E-state index contributed by atoms with van der Waals surface area (Å²) in [5, 5.41) is 0. The van der Waals surface area contributed by atoms with Crippen LogP contribution < -0.4 is 0 Å². The summed E-state index contributed by atoms with van der Waals surface area (Å²) in [5.74, 6) is 1.50. The number of nitrogens with zero attached hydrogens (tertiary/aromatic N) is 3. The summed E-state index contributed by atoms with van der Waals surface area (Å²) in [6.45, 7) is 12.0. The molecule has 0 radical (unpaired) electrons. The van der Waals surface area contributed by atoms with Gasteiger partial charge in [-0.05, 0) is 51.3 Å². The fourth-order valence-corrected chi connectivity index (χ4v) is 2.84. The van der Waals surface area contributed by atoms with E-state index in [1.54, 1.807) is 0 Å². The van der Waals surface area contributed by atoms with Crippen LogP contribution in [0.15, 0.2) is 0 Å². The third kappa shape index (κ3) is 2.83. The van der Waals surface area contributed by atoms with E-state index in [0.29, 0.717) is 5.92 Å². The van der Waals surface area contributed by atoms with Crippen LogP contribution in [0.2, 0.25) is 0 Å². The molecular weight excluding hydrogens is 210 g/mol. The van der Waals surface area contributed by atoms with Crippen LogP contribution in [0.5, 0.6) is 0 Å². The summed E-state index contributed by atoms with van der Waals surface area (Å²) in [7, 11) is 0. The minimum absolute atomic E-state index is 0.510. The predicted octanol–water partition coefficient (Wildman–Crippen LogP) is 2.81. The Morgan fingerprint density at radius 1 is 1.06 bits per heavy atom. The van der Waals surface area contributed by atoms with Crippen molar-refractivity contribution in [3.8, 4) is 0 Å². The molecule has 1 aromatic rings. The van der Waals surface area contributed by atoms with Crippen LogP contribution in [-0.4, -0.2) is 28.0 Å². The van der Waals surface area contributed by atoms with Crippen LogP contribution in [-0.2, 0) is 6.54 Å². The summed E-state index contributed by atoms with van der Waals surface area (Å²) in [4.78, 5) is 11.8. The molecule has 3 heteroatoms. The van der Waals surface area contributed by atoms with Crippen molar-refractivity contribution in [2.75, 3.05) is 13.1 Å². The van der Waals surface area contributed by atoms with Gasteiger partial charge in [0, 0.05) is 11.4 Å². The summed E-state index contributed by atoms with van der Waals surface area (Å²) < 4.78 is 0. The van der Waals surface area contributed by atoms with Gasteiger partial charge >= 0.3 is 0 Å². The molecule has 0 spiro atoms. The first kappa shape index (κ1) is 12.5. The van der Waals surface area contributed by atoms with Crippen molar-refractivity contribution in [2.24, 2.45) is 0 Å². The van der Waals surface area contributed by atoms with E-state index in [-0.39, 0.29) is 0 Å². The minimum atomic E-state index is 0.510. The molecule has 0 amide bonds. The second kappa shape index (κ2) is 5.13. The van der Waals surface area contributed by atoms with E-state index in [0.717, 1.165) is 23.8 Å². The van der Waals surface area contributed by atoms with E-state index in [2.05, 4.69) is 42.6 Å². The number of aromatic nitrogens is 2. The van der Waals surface area contributed by atoms with E-state index in [9.17, 15) is 0 Å². The molecule has 1 aromatic heterocycles. The highest BCUT2D eigenvalue weighted by atomic mass is 15.2. The van der Waals surface area contributed by atoms with Crippen molar-refractivity contribution in [3.05, 3.63) is 22.8 Å². The third-order valence-electron chi connectivity index (χ3n) is 3.51. The Kier molecular flexibility index (Phi) is 3.77. The molecule has 1 saturated heterocycles. The van der Waals surface area contributed by atoms with E-state index >= 15 is 0 Å². The molecule has 0 aromatic carbocycles. The van der Waals surface area contributed by atoms with Gasteiger partial charge in [0.15, 0.2) is 0 Å². The van der Waals surface area contributed by atoms with Crippen molar-refractivity contribution in [1.82, 2.24) is 14.9 Å². The van der Waals surface area contributed by atoms with Crippen molar-refractivity contribution in [2.45, 2.75) is 53.0 Å². The first-order valence-electron chi connectivity index (χ1n) is 6.64. The first-order valence-corrected chi connectivity index (χ1v) is 6.64. The summed E-state index contributed by atoms with van der Waals surface area (Å²) in [5.41, 5.74) is 3.62. The lowest BCUT2D eigenvalue weighted by Crippen LogP contribution is -2.21. The normalized spacial score (nSPS) is 17.0. The van der Waals surface area contributed by atoms with Gasteiger partial charge in [-0.15, -0.1) is 0 Å². The monoisotopic (exact) mass is 233 g/mol. The van der Waals surface area contributed by atoms with Gasteiger partial charge in [0.05, 0.1) is 6.54 Å². The lowest BCUT2D eigenvalue weighted by Gasteiger charge is -2.17. The summed E-state index contributed by atoms with van der Waals surface area (Å²) in [6, 6.07) is 0. The van der Waals surface area contributed by atoms with E-state index in [4.69, 9.17) is 0 Å². The van der Waals surface area contributed by atoms with Crippen LogP contribution in [0.25, 0.3) is 0 Å². The molecule has 2 rings (SSSR count). The van der Waals surface area contributed by atoms with E-state index in [1.807, 2.05) is 0 Å². The lowest BCUT2D eigenvalue weighted by atomic mass is 10.0. The second-order valence-corrected chi connectivity index (χ2v) is 5.36. The van der Waals surface area contributed by atoms with Crippen LogP contribution in [0.3, 0.4) is 0 Å². The summed E-state index contributed by atoms with van der Waals surface area (Å²) >= 11 is 0. The van der Waals surface area contributed by atoms with Crippen molar-refractivity contribution < 1.29 is 0 Å². The van der Waals surface area contributed by atoms with Crippen molar-refractivity contribution >= 4 is 0 Å². The molecule has 2 heterocycles. The van der Waals surface area contributed by atoms with Crippen LogP contribution in [0, 0.1) is 13.8 Å². The minimum Gasteiger partial charge on any atom is -0.296 e. The maximum atomic E-state index is 4.67. The van der Waals surface area contributed by atoms with E-state index in [1.165, 1.54) is 31.5 Å². The van der Waals surface area contributed by atoms with Gasteiger partial charge in [0.1, 0.15) is 5.82 Å². The average molecular weight is 233 g/mol. The van der Waals surface area contributed by atoms with Gasteiger partial charge in [-0.2, -0.15) is 0 Å². The number of likely N-dealkylation sites (tertiary alicyclic amines) is 1. The Hall–Kier alpha value is -0.960. The molecule has 17 heavy (non-hydrogen) atoms. The molecule has 0 N–H and O–H groups in total. The highest BCUT2D eigenvalue weighted by molar-refractivity contribution is 5.27. The quantitative estimate of drug-likeness (QED) is 0.804. The zero-order chi connectivity index (χ0) is 12.4. The molecule has 0 saturated carbocycles. The van der Waals surface area contributed by atoms with E-state index < -0.39 is 0 Å². The molecule has 1 fully saturated rings. The molecule has 1 aliphatic rings. The molecule has 1 aliphatic heterocycles. The molecule has 0 aliphatic carbocycles. The third-order valence-corrected chi connectivity index (χ3v) is 3.51. The van der Waals surface area contributed by atoms with Crippen LogP contribution >= 0.6 is 0 Å². The smallest absolute Gasteiger partial charge is 0.142 e. The zero-order valence-electron chi connectivity index (χ0n) is 11.5. The molecule has 0 unspecified atom stereocenters. The van der Waals surface area contributed by atoms with Gasteiger partial charge in [-0.3, -0.25) is 4.90 Å². The standard InChI is InChI=1S/C14H23N3/c1-10(2)14-11(3)15-13(16-12(14)4)9-17-7-5-6-8-17/h10H,5-9H2,1-4H3. The number of hydrogen-bond acceptors (Lipinski definition) is 3. The Morgan fingerprint density at radius 2 is 1.59 bits per heavy atom. The molecular formula is C14H23N3. The SMILES string of the molecule is Cc1nc(CN2CCCC2)nc(C)c1C(C)C. The Balaban J connectivity index is 2.19. The molecule has 94 valence electrons. The predicted molar refractivity (Wildman–Crippen MR) is 70.1 cm³/mol. The highest BCUT2D eigenvalue weighted by Crippen LogP contribution is 2.21. The Morgan fingerprint density at radius 3 is 2.06 bits per heavy atom. The first-order chi connectivity index (χ1) is 8.08. The average Bonchev–Trinajstić information content (AvgIpc) is 2.68. The summed E-state index contributed by atoms with van der Waals surface area (Å²) in [6.07, 6.45) is 2.64. The zero-order valence-corrected chi connectivity index (χ0v) is 11.5. The maximum Gasteiger partial charge on any atom is 0.142 e. The second-order valence-electron chi connectivity index (χ2n) is 5.36. The van der Waals surface area contributed by atoms with Crippen molar-refractivity contribution in [1.29, 1.82) is 0 Å². The van der Waals surface area contributed by atoms with Gasteiger partial charge in [-0.1, -0.05) is 13.8 Å². The fourth-order valence-electron chi connectivity index (χ4n) is 2.84. The Bertz CT molecular complexity index is 369. The van der Waals surface area contributed by atoms with Crippen LogP contribution in [0.1, 0.15) is 55.4 Å². The number of hydrogen-bond donors (Lipinski definition) is 0. The topological polar surface area (TPSA) is 29.0 Å². The van der Waals surface area contributed by atoms with Gasteiger partial charge < -0.3 is 0 Å². The number of rotatable bonds is 3. The highest BCUT2D eigenvalue weighted by Gasteiger charge is 2.16. The van der Waals surface area contributed by atoms with Gasteiger partial charge in [0.25, 0.3) is 0 Å². The molecule has 0 atom stereocenters. The lowest BCUT2D eigenvalue weighted by molar-refractivity contribution is 0.321. The maximum absolute atomic E-state index is 4.67. The largest absolute Gasteiger partial charge is 0.296 e. The van der Waals surface area contributed by atoms with Gasteiger partial charge in [0.2, 0.25) is 0 Å². The van der Waals surface area contributed by atoms with Crippen LogP contribution in [0.4, 0.5) is 0 Å². The molecule has 3 nitrogen and oxygen atoms in total. The Labute approximate surface area is 104 Å². The fraction of sp³-hybridized carbons (Fsp3) is 0.714. The number of aryl methyl sites for hydroxylation is 2. The van der Waals surface area contributed by atoms with Crippen molar-refractivity contribution in [3.63, 3.8) is 0 Å². The molecule has 0 bridgehead atoms. The van der Waals surface area contributed by atoms with Gasteiger partial charge in [-0.25, -0.2) is 9.97 Å².